The van der Waals surface area contributed by atoms with Gasteiger partial charge in [0.15, 0.2) is 0 Å². The number of hydrogen-bond acceptors (Lipinski definition) is 2. The van der Waals surface area contributed by atoms with Crippen LogP contribution in [-0.4, -0.2) is 30.4 Å². The van der Waals surface area contributed by atoms with Gasteiger partial charge in [0, 0.05) is 19.6 Å². The molecule has 0 atom stereocenters. The van der Waals surface area contributed by atoms with Crippen LogP contribution < -0.4 is 5.32 Å². The van der Waals surface area contributed by atoms with Gasteiger partial charge in [0.05, 0.1) is 11.3 Å². The summed E-state index contributed by atoms with van der Waals surface area (Å²) in [5, 5.41) is 2.91. The van der Waals surface area contributed by atoms with E-state index in [1.54, 1.807) is 17.0 Å². The lowest BCUT2D eigenvalue weighted by atomic mass is 10.1. The van der Waals surface area contributed by atoms with Gasteiger partial charge in [-0.3, -0.25) is 4.79 Å². The molecule has 0 saturated heterocycles. The Labute approximate surface area is 102 Å². The second-order valence-corrected chi connectivity index (χ2v) is 3.67. The van der Waals surface area contributed by atoms with Crippen LogP contribution in [0.15, 0.2) is 18.2 Å². The average Bonchev–Trinajstić information content (AvgIpc) is 2.33. The maximum Gasteiger partial charge on any atom is 0.256 e. The van der Waals surface area contributed by atoms with Gasteiger partial charge >= 0.3 is 0 Å². The highest BCUT2D eigenvalue weighted by Gasteiger charge is 2.18. The third-order valence-electron chi connectivity index (χ3n) is 2.65. The van der Waals surface area contributed by atoms with Crippen LogP contribution >= 0.6 is 0 Å². The second-order valence-electron chi connectivity index (χ2n) is 3.67. The molecular weight excluding hydrogens is 219 g/mol. The number of amides is 1. The zero-order chi connectivity index (χ0) is 12.8. The van der Waals surface area contributed by atoms with Crippen LogP contribution in [-0.2, 0) is 0 Å². The summed E-state index contributed by atoms with van der Waals surface area (Å²) in [6, 6.07) is 4.58. The molecule has 1 aromatic rings. The molecule has 1 rings (SSSR count). The van der Waals surface area contributed by atoms with E-state index in [4.69, 9.17) is 0 Å². The van der Waals surface area contributed by atoms with Gasteiger partial charge in [-0.2, -0.15) is 0 Å². The van der Waals surface area contributed by atoms with E-state index >= 15 is 0 Å². The van der Waals surface area contributed by atoms with Gasteiger partial charge in [-0.25, -0.2) is 4.39 Å². The summed E-state index contributed by atoms with van der Waals surface area (Å²) >= 11 is 0. The first-order valence-corrected chi connectivity index (χ1v) is 5.97. The number of hydrogen-bond donors (Lipinski definition) is 1. The Hall–Kier alpha value is -1.58. The molecule has 0 aliphatic carbocycles. The molecule has 17 heavy (non-hydrogen) atoms. The molecule has 0 heterocycles. The SMILES string of the molecule is CCNc1c(F)cccc1C(=O)N(CC)CC. The number of carbonyl (C=O) groups excluding carboxylic acids is 1. The molecule has 4 heteroatoms. The Morgan fingerprint density at radius 1 is 1.29 bits per heavy atom. The summed E-state index contributed by atoms with van der Waals surface area (Å²) < 4.78 is 13.6. The molecule has 1 aromatic carbocycles. The number of nitrogens with one attached hydrogen (secondary N) is 1. The number of anilines is 1. The van der Waals surface area contributed by atoms with Crippen LogP contribution in [0.5, 0.6) is 0 Å². The molecule has 0 bridgehead atoms. The highest BCUT2D eigenvalue weighted by atomic mass is 19.1. The quantitative estimate of drug-likeness (QED) is 0.855. The maximum absolute atomic E-state index is 13.6. The molecule has 0 radical (unpaired) electrons. The number of para-hydroxylation sites is 1. The minimum Gasteiger partial charge on any atom is -0.382 e. The van der Waals surface area contributed by atoms with Gasteiger partial charge in [-0.15, -0.1) is 0 Å². The van der Waals surface area contributed by atoms with Crippen molar-refractivity contribution in [2.24, 2.45) is 0 Å². The number of carbonyl (C=O) groups is 1. The summed E-state index contributed by atoms with van der Waals surface area (Å²) in [7, 11) is 0. The average molecular weight is 238 g/mol. The molecule has 0 fully saturated rings. The molecule has 1 amide bonds. The third kappa shape index (κ3) is 2.96. The highest BCUT2D eigenvalue weighted by molar-refractivity contribution is 5.99. The van der Waals surface area contributed by atoms with Crippen molar-refractivity contribution in [2.45, 2.75) is 20.8 Å². The lowest BCUT2D eigenvalue weighted by Gasteiger charge is -2.20. The fourth-order valence-electron chi connectivity index (χ4n) is 1.74. The van der Waals surface area contributed by atoms with Crippen LogP contribution in [0.25, 0.3) is 0 Å². The van der Waals surface area contributed by atoms with Gasteiger partial charge in [0.25, 0.3) is 5.91 Å². The Bertz CT molecular complexity index is 389. The van der Waals surface area contributed by atoms with Crippen molar-refractivity contribution in [2.75, 3.05) is 25.0 Å². The Morgan fingerprint density at radius 2 is 1.94 bits per heavy atom. The summed E-state index contributed by atoms with van der Waals surface area (Å²) in [6.07, 6.45) is 0. The maximum atomic E-state index is 13.6. The van der Waals surface area contributed by atoms with Crippen molar-refractivity contribution in [1.82, 2.24) is 4.90 Å². The van der Waals surface area contributed by atoms with Gasteiger partial charge in [0.1, 0.15) is 5.82 Å². The minimum absolute atomic E-state index is 0.134. The lowest BCUT2D eigenvalue weighted by molar-refractivity contribution is 0.0773. The zero-order valence-corrected chi connectivity index (χ0v) is 10.6. The molecule has 3 nitrogen and oxygen atoms in total. The monoisotopic (exact) mass is 238 g/mol. The topological polar surface area (TPSA) is 32.3 Å². The molecule has 0 aliphatic rings. The zero-order valence-electron chi connectivity index (χ0n) is 10.6. The molecule has 94 valence electrons. The minimum atomic E-state index is -0.384. The first-order valence-electron chi connectivity index (χ1n) is 5.97. The predicted octanol–water partition coefficient (Wildman–Crippen LogP) is 2.74. The molecule has 0 saturated carbocycles. The van der Waals surface area contributed by atoms with E-state index in [1.807, 2.05) is 20.8 Å². The number of halogens is 1. The Kier molecular flexibility index (Phi) is 4.94. The van der Waals surface area contributed by atoms with Crippen LogP contribution in [0.3, 0.4) is 0 Å². The Morgan fingerprint density at radius 3 is 2.47 bits per heavy atom. The first kappa shape index (κ1) is 13.5. The largest absolute Gasteiger partial charge is 0.382 e. The van der Waals surface area contributed by atoms with E-state index in [0.717, 1.165) is 0 Å². The fraction of sp³-hybridized carbons (Fsp3) is 0.462. The van der Waals surface area contributed by atoms with Gasteiger partial charge in [-0.05, 0) is 32.9 Å². The number of nitrogens with zero attached hydrogens (tertiary/aromatic N) is 1. The molecule has 0 aromatic heterocycles. The van der Waals surface area contributed by atoms with Crippen LogP contribution in [0.1, 0.15) is 31.1 Å². The van der Waals surface area contributed by atoms with E-state index in [2.05, 4.69) is 5.32 Å². The van der Waals surface area contributed by atoms with Crippen molar-refractivity contribution >= 4 is 11.6 Å². The van der Waals surface area contributed by atoms with Crippen molar-refractivity contribution < 1.29 is 9.18 Å². The molecular formula is C13H19FN2O. The standard InChI is InChI=1S/C13H19FN2O/c1-4-15-12-10(8-7-9-11(12)14)13(17)16(5-2)6-3/h7-9,15H,4-6H2,1-3H3. The fourth-order valence-corrected chi connectivity index (χ4v) is 1.74. The summed E-state index contributed by atoms with van der Waals surface area (Å²) in [5.74, 6) is -0.518. The van der Waals surface area contributed by atoms with Crippen molar-refractivity contribution in [3.8, 4) is 0 Å². The van der Waals surface area contributed by atoms with Crippen LogP contribution in [0.4, 0.5) is 10.1 Å². The van der Waals surface area contributed by atoms with Gasteiger partial charge in [0.2, 0.25) is 0 Å². The van der Waals surface area contributed by atoms with E-state index in [1.165, 1.54) is 6.07 Å². The molecule has 1 N–H and O–H groups in total. The van der Waals surface area contributed by atoms with Crippen LogP contribution in [0, 0.1) is 5.82 Å². The van der Waals surface area contributed by atoms with Crippen molar-refractivity contribution in [3.05, 3.63) is 29.6 Å². The van der Waals surface area contributed by atoms with E-state index in [9.17, 15) is 9.18 Å². The second kappa shape index (κ2) is 6.23. The molecule has 0 aliphatic heterocycles. The van der Waals surface area contributed by atoms with Crippen LogP contribution in [0.2, 0.25) is 0 Å². The molecule has 0 unspecified atom stereocenters. The lowest BCUT2D eigenvalue weighted by Crippen LogP contribution is -2.31. The normalized spacial score (nSPS) is 10.1. The first-order chi connectivity index (χ1) is 8.15. The van der Waals surface area contributed by atoms with Gasteiger partial charge < -0.3 is 10.2 Å². The smallest absolute Gasteiger partial charge is 0.256 e. The summed E-state index contributed by atoms with van der Waals surface area (Å²) in [4.78, 5) is 13.9. The number of benzene rings is 1. The predicted molar refractivity (Wildman–Crippen MR) is 67.8 cm³/mol. The van der Waals surface area contributed by atoms with Crippen molar-refractivity contribution in [3.63, 3.8) is 0 Å². The Balaban J connectivity index is 3.12. The van der Waals surface area contributed by atoms with E-state index < -0.39 is 0 Å². The highest BCUT2D eigenvalue weighted by Crippen LogP contribution is 2.21. The third-order valence-corrected chi connectivity index (χ3v) is 2.65. The van der Waals surface area contributed by atoms with E-state index in [-0.39, 0.29) is 11.7 Å². The summed E-state index contributed by atoms with van der Waals surface area (Å²) in [6.45, 7) is 7.52. The number of rotatable bonds is 5. The van der Waals surface area contributed by atoms with Gasteiger partial charge in [-0.1, -0.05) is 6.07 Å². The van der Waals surface area contributed by atoms with Crippen molar-refractivity contribution in [1.29, 1.82) is 0 Å². The van der Waals surface area contributed by atoms with E-state index in [0.29, 0.717) is 30.9 Å². The molecule has 0 spiro atoms. The summed E-state index contributed by atoms with van der Waals surface area (Å²) in [5.41, 5.74) is 0.697.